The molecule has 2 rings (SSSR count). The van der Waals surface area contributed by atoms with Crippen LogP contribution < -0.4 is 5.32 Å². The number of nitrogens with one attached hydrogen (secondary N) is 1. The standard InChI is InChI=1S/C16H18ClNO/c1-12-5-3-8-15(17)16(12)18-10-13-6-4-7-14(9-13)11-19-2/h3-9,18H,10-11H2,1-2H3. The second-order valence-electron chi connectivity index (χ2n) is 4.54. The van der Waals surface area contributed by atoms with Gasteiger partial charge in [0.25, 0.3) is 0 Å². The Morgan fingerprint density at radius 2 is 1.84 bits per heavy atom. The number of para-hydroxylation sites is 1. The summed E-state index contributed by atoms with van der Waals surface area (Å²) in [4.78, 5) is 0. The number of methoxy groups -OCH3 is 1. The third-order valence-corrected chi connectivity index (χ3v) is 3.31. The van der Waals surface area contributed by atoms with Gasteiger partial charge in [0.1, 0.15) is 0 Å². The summed E-state index contributed by atoms with van der Waals surface area (Å²) in [5.41, 5.74) is 4.55. The summed E-state index contributed by atoms with van der Waals surface area (Å²) in [5, 5.41) is 4.15. The van der Waals surface area contributed by atoms with E-state index in [1.807, 2.05) is 18.2 Å². The van der Waals surface area contributed by atoms with Crippen LogP contribution in [-0.4, -0.2) is 7.11 Å². The fourth-order valence-electron chi connectivity index (χ4n) is 2.04. The normalized spacial score (nSPS) is 10.5. The minimum Gasteiger partial charge on any atom is -0.380 e. The summed E-state index contributed by atoms with van der Waals surface area (Å²) in [6.45, 7) is 3.44. The Morgan fingerprint density at radius 3 is 2.58 bits per heavy atom. The van der Waals surface area contributed by atoms with Crippen LogP contribution in [0.5, 0.6) is 0 Å². The molecule has 2 aromatic rings. The second-order valence-corrected chi connectivity index (χ2v) is 4.95. The molecule has 0 atom stereocenters. The highest BCUT2D eigenvalue weighted by Crippen LogP contribution is 2.25. The number of ether oxygens (including phenoxy) is 1. The smallest absolute Gasteiger partial charge is 0.0713 e. The molecule has 0 aliphatic rings. The van der Waals surface area contributed by atoms with Gasteiger partial charge in [0.2, 0.25) is 0 Å². The van der Waals surface area contributed by atoms with Crippen LogP contribution in [0.15, 0.2) is 42.5 Å². The van der Waals surface area contributed by atoms with Crippen molar-refractivity contribution in [2.45, 2.75) is 20.1 Å². The molecule has 2 nitrogen and oxygen atoms in total. The van der Waals surface area contributed by atoms with E-state index in [1.54, 1.807) is 7.11 Å². The van der Waals surface area contributed by atoms with Gasteiger partial charge >= 0.3 is 0 Å². The van der Waals surface area contributed by atoms with E-state index >= 15 is 0 Å². The van der Waals surface area contributed by atoms with Gasteiger partial charge in [-0.3, -0.25) is 0 Å². The number of rotatable bonds is 5. The molecule has 0 radical (unpaired) electrons. The van der Waals surface area contributed by atoms with Crippen LogP contribution in [0.25, 0.3) is 0 Å². The first kappa shape index (κ1) is 13.9. The molecule has 100 valence electrons. The Kier molecular flexibility index (Phi) is 4.83. The summed E-state index contributed by atoms with van der Waals surface area (Å²) in [5.74, 6) is 0. The predicted molar refractivity (Wildman–Crippen MR) is 80.7 cm³/mol. The van der Waals surface area contributed by atoms with E-state index in [0.29, 0.717) is 6.61 Å². The molecule has 0 amide bonds. The SMILES string of the molecule is COCc1cccc(CNc2c(C)cccc2Cl)c1. The molecule has 2 aromatic carbocycles. The minimum absolute atomic E-state index is 0.638. The number of hydrogen-bond acceptors (Lipinski definition) is 2. The minimum atomic E-state index is 0.638. The quantitative estimate of drug-likeness (QED) is 0.873. The zero-order chi connectivity index (χ0) is 13.7. The van der Waals surface area contributed by atoms with Gasteiger partial charge in [0, 0.05) is 13.7 Å². The van der Waals surface area contributed by atoms with E-state index in [4.69, 9.17) is 16.3 Å². The summed E-state index contributed by atoms with van der Waals surface area (Å²) in [6, 6.07) is 14.3. The molecule has 0 spiro atoms. The van der Waals surface area contributed by atoms with Crippen molar-refractivity contribution in [3.05, 3.63) is 64.2 Å². The van der Waals surface area contributed by atoms with E-state index in [1.165, 1.54) is 11.1 Å². The zero-order valence-electron chi connectivity index (χ0n) is 11.2. The maximum atomic E-state index is 6.19. The van der Waals surface area contributed by atoms with E-state index in [-0.39, 0.29) is 0 Å². The molecular weight excluding hydrogens is 258 g/mol. The van der Waals surface area contributed by atoms with E-state index in [9.17, 15) is 0 Å². The van der Waals surface area contributed by atoms with Crippen LogP contribution in [-0.2, 0) is 17.9 Å². The number of aryl methyl sites for hydroxylation is 1. The van der Waals surface area contributed by atoms with Crippen LogP contribution in [0.1, 0.15) is 16.7 Å². The van der Waals surface area contributed by atoms with Gasteiger partial charge in [-0.05, 0) is 29.7 Å². The lowest BCUT2D eigenvalue weighted by Gasteiger charge is -2.12. The van der Waals surface area contributed by atoms with Crippen molar-refractivity contribution in [3.63, 3.8) is 0 Å². The average molecular weight is 276 g/mol. The van der Waals surface area contributed by atoms with Crippen molar-refractivity contribution in [1.29, 1.82) is 0 Å². The number of hydrogen-bond donors (Lipinski definition) is 1. The Morgan fingerprint density at radius 1 is 1.11 bits per heavy atom. The largest absolute Gasteiger partial charge is 0.380 e. The monoisotopic (exact) mass is 275 g/mol. The molecule has 0 aliphatic heterocycles. The molecule has 0 saturated heterocycles. The van der Waals surface area contributed by atoms with Gasteiger partial charge in [0.05, 0.1) is 17.3 Å². The van der Waals surface area contributed by atoms with Gasteiger partial charge in [-0.2, -0.15) is 0 Å². The predicted octanol–water partition coefficient (Wildman–Crippen LogP) is 4.41. The summed E-state index contributed by atoms with van der Waals surface area (Å²) in [7, 11) is 1.71. The average Bonchev–Trinajstić information content (AvgIpc) is 2.39. The highest BCUT2D eigenvalue weighted by Gasteiger charge is 2.03. The Hall–Kier alpha value is -1.51. The van der Waals surface area contributed by atoms with Gasteiger partial charge in [-0.15, -0.1) is 0 Å². The molecule has 0 unspecified atom stereocenters. The van der Waals surface area contributed by atoms with Crippen molar-refractivity contribution in [3.8, 4) is 0 Å². The fraction of sp³-hybridized carbons (Fsp3) is 0.250. The fourth-order valence-corrected chi connectivity index (χ4v) is 2.33. The van der Waals surface area contributed by atoms with Crippen LogP contribution in [0.4, 0.5) is 5.69 Å². The molecular formula is C16H18ClNO. The molecule has 0 bridgehead atoms. The first-order valence-corrected chi connectivity index (χ1v) is 6.64. The van der Waals surface area contributed by atoms with Crippen molar-refractivity contribution in [1.82, 2.24) is 0 Å². The zero-order valence-corrected chi connectivity index (χ0v) is 12.0. The Labute approximate surface area is 119 Å². The van der Waals surface area contributed by atoms with Crippen molar-refractivity contribution < 1.29 is 4.74 Å². The molecule has 0 heterocycles. The number of halogens is 1. The molecule has 0 aromatic heterocycles. The maximum Gasteiger partial charge on any atom is 0.0713 e. The molecule has 3 heteroatoms. The highest BCUT2D eigenvalue weighted by molar-refractivity contribution is 6.33. The molecule has 0 saturated carbocycles. The summed E-state index contributed by atoms with van der Waals surface area (Å²) < 4.78 is 5.14. The highest BCUT2D eigenvalue weighted by atomic mass is 35.5. The molecule has 0 aliphatic carbocycles. The topological polar surface area (TPSA) is 21.3 Å². The third kappa shape index (κ3) is 3.72. The Bertz CT molecular complexity index is 534. The lowest BCUT2D eigenvalue weighted by Crippen LogP contribution is -2.02. The molecule has 1 N–H and O–H groups in total. The van der Waals surface area contributed by atoms with Gasteiger partial charge in [-0.25, -0.2) is 0 Å². The molecule has 0 fully saturated rings. The van der Waals surface area contributed by atoms with Crippen molar-refractivity contribution in [2.75, 3.05) is 12.4 Å². The first-order chi connectivity index (χ1) is 9.20. The maximum absolute atomic E-state index is 6.19. The lowest BCUT2D eigenvalue weighted by molar-refractivity contribution is 0.185. The van der Waals surface area contributed by atoms with E-state index < -0.39 is 0 Å². The van der Waals surface area contributed by atoms with Crippen LogP contribution in [0, 0.1) is 6.92 Å². The third-order valence-electron chi connectivity index (χ3n) is 2.99. The van der Waals surface area contributed by atoms with Crippen LogP contribution >= 0.6 is 11.6 Å². The summed E-state index contributed by atoms with van der Waals surface area (Å²) in [6.07, 6.45) is 0. The van der Waals surface area contributed by atoms with Crippen molar-refractivity contribution in [2.24, 2.45) is 0 Å². The lowest BCUT2D eigenvalue weighted by atomic mass is 10.1. The van der Waals surface area contributed by atoms with Gasteiger partial charge in [-0.1, -0.05) is 48.0 Å². The number of anilines is 1. The van der Waals surface area contributed by atoms with Gasteiger partial charge in [0.15, 0.2) is 0 Å². The van der Waals surface area contributed by atoms with Gasteiger partial charge < -0.3 is 10.1 Å². The molecule has 19 heavy (non-hydrogen) atoms. The number of benzene rings is 2. The first-order valence-electron chi connectivity index (χ1n) is 6.26. The van der Waals surface area contributed by atoms with Crippen molar-refractivity contribution >= 4 is 17.3 Å². The van der Waals surface area contributed by atoms with E-state index in [0.717, 1.165) is 22.8 Å². The van der Waals surface area contributed by atoms with Crippen LogP contribution in [0.2, 0.25) is 5.02 Å². The van der Waals surface area contributed by atoms with E-state index in [2.05, 4.69) is 36.5 Å². The Balaban J connectivity index is 2.08. The summed E-state index contributed by atoms with van der Waals surface area (Å²) >= 11 is 6.19. The second kappa shape index (κ2) is 6.60. The van der Waals surface area contributed by atoms with Crippen LogP contribution in [0.3, 0.4) is 0 Å².